The van der Waals surface area contributed by atoms with E-state index in [1.807, 2.05) is 0 Å². The van der Waals surface area contributed by atoms with Gasteiger partial charge < -0.3 is 14.5 Å². The van der Waals surface area contributed by atoms with Gasteiger partial charge >= 0.3 is 0 Å². The second-order valence-electron chi connectivity index (χ2n) is 6.21. The topological polar surface area (TPSA) is 67.6 Å². The van der Waals surface area contributed by atoms with Crippen LogP contribution in [0.3, 0.4) is 0 Å². The highest BCUT2D eigenvalue weighted by molar-refractivity contribution is 5.77. The van der Waals surface area contributed by atoms with Crippen LogP contribution in [0.25, 0.3) is 11.5 Å². The van der Waals surface area contributed by atoms with Gasteiger partial charge in [0.1, 0.15) is 18.7 Å². The quantitative estimate of drug-likeness (QED) is 0.868. The van der Waals surface area contributed by atoms with Crippen LogP contribution >= 0.6 is 0 Å². The Morgan fingerprint density at radius 1 is 1.44 bits per heavy atom. The number of aromatic nitrogens is 1. The highest BCUT2D eigenvalue weighted by Gasteiger charge is 2.21. The first kappa shape index (κ1) is 17.6. The fourth-order valence-electron chi connectivity index (χ4n) is 3.00. The molecule has 1 aliphatic heterocycles. The van der Waals surface area contributed by atoms with Gasteiger partial charge in [0.15, 0.2) is 0 Å². The molecule has 1 saturated heterocycles. The number of halogens is 1. The highest BCUT2D eigenvalue weighted by Crippen LogP contribution is 2.21. The molecule has 0 saturated carbocycles. The molecular formula is C18H22FN3O3. The lowest BCUT2D eigenvalue weighted by atomic mass is 10.0. The Morgan fingerprint density at radius 2 is 2.24 bits per heavy atom. The molecule has 1 N–H and O–H groups in total. The van der Waals surface area contributed by atoms with Crippen molar-refractivity contribution in [1.82, 2.24) is 15.2 Å². The van der Waals surface area contributed by atoms with E-state index in [0.29, 0.717) is 18.0 Å². The smallest absolute Gasteiger partial charge is 0.246 e. The van der Waals surface area contributed by atoms with E-state index in [1.54, 1.807) is 18.4 Å². The average molecular weight is 347 g/mol. The van der Waals surface area contributed by atoms with E-state index in [0.717, 1.165) is 31.6 Å². The van der Waals surface area contributed by atoms with Crippen LogP contribution in [-0.2, 0) is 16.1 Å². The molecule has 1 aromatic heterocycles. The summed E-state index contributed by atoms with van der Waals surface area (Å²) in [6.07, 6.45) is 3.40. The molecule has 2 aromatic rings. The van der Waals surface area contributed by atoms with Crippen molar-refractivity contribution in [2.45, 2.75) is 25.4 Å². The van der Waals surface area contributed by atoms with Gasteiger partial charge in [-0.05, 0) is 31.0 Å². The third kappa shape index (κ3) is 4.87. The van der Waals surface area contributed by atoms with Gasteiger partial charge in [0, 0.05) is 38.3 Å². The van der Waals surface area contributed by atoms with Crippen molar-refractivity contribution in [2.75, 3.05) is 26.8 Å². The predicted octanol–water partition coefficient (Wildman–Crippen LogP) is 2.21. The standard InChI is InChI=1S/C18H22FN3O3/c1-24-12-17(23)20-15-5-7-22(8-6-15)10-16-11-25-18(21-16)13-3-2-4-14(19)9-13/h2-4,9,11,15H,5-8,10,12H2,1H3,(H,20,23). The summed E-state index contributed by atoms with van der Waals surface area (Å²) >= 11 is 0. The molecule has 2 heterocycles. The van der Waals surface area contributed by atoms with Crippen LogP contribution in [-0.4, -0.2) is 48.6 Å². The zero-order valence-electron chi connectivity index (χ0n) is 14.2. The van der Waals surface area contributed by atoms with Crippen molar-refractivity contribution in [2.24, 2.45) is 0 Å². The summed E-state index contributed by atoms with van der Waals surface area (Å²) in [4.78, 5) is 18.3. The number of carbonyl (C=O) groups is 1. The Labute approximate surface area is 146 Å². The number of piperidine rings is 1. The third-order valence-electron chi connectivity index (χ3n) is 4.24. The SMILES string of the molecule is COCC(=O)NC1CCN(Cc2coc(-c3cccc(F)c3)n2)CC1. The van der Waals surface area contributed by atoms with Gasteiger partial charge in [0.05, 0.1) is 5.69 Å². The van der Waals surface area contributed by atoms with Gasteiger partial charge in [-0.3, -0.25) is 9.69 Å². The zero-order chi connectivity index (χ0) is 17.6. The molecular weight excluding hydrogens is 325 g/mol. The normalized spacial score (nSPS) is 16.1. The number of benzene rings is 1. The number of carbonyl (C=O) groups excluding carboxylic acids is 1. The number of hydrogen-bond acceptors (Lipinski definition) is 5. The number of nitrogens with zero attached hydrogens (tertiary/aromatic N) is 2. The van der Waals surface area contributed by atoms with Gasteiger partial charge in [-0.25, -0.2) is 9.37 Å². The van der Waals surface area contributed by atoms with E-state index in [1.165, 1.54) is 19.2 Å². The maximum Gasteiger partial charge on any atom is 0.246 e. The fourth-order valence-corrected chi connectivity index (χ4v) is 3.00. The Bertz CT molecular complexity index is 711. The minimum absolute atomic E-state index is 0.0720. The van der Waals surface area contributed by atoms with E-state index >= 15 is 0 Å². The summed E-state index contributed by atoms with van der Waals surface area (Å²) in [7, 11) is 1.51. The lowest BCUT2D eigenvalue weighted by Gasteiger charge is -2.31. The summed E-state index contributed by atoms with van der Waals surface area (Å²) in [5.41, 5.74) is 1.45. The number of rotatable bonds is 6. The van der Waals surface area contributed by atoms with Gasteiger partial charge in [0.2, 0.25) is 11.8 Å². The molecule has 0 bridgehead atoms. The van der Waals surface area contributed by atoms with Crippen LogP contribution in [0.2, 0.25) is 0 Å². The molecule has 134 valence electrons. The molecule has 0 atom stereocenters. The van der Waals surface area contributed by atoms with Gasteiger partial charge in [-0.2, -0.15) is 0 Å². The Kier molecular flexibility index (Phi) is 5.78. The summed E-state index contributed by atoms with van der Waals surface area (Å²) in [6, 6.07) is 6.40. The molecule has 0 aliphatic carbocycles. The molecule has 1 aromatic carbocycles. The highest BCUT2D eigenvalue weighted by atomic mass is 19.1. The first-order chi connectivity index (χ1) is 12.1. The number of ether oxygens (including phenoxy) is 1. The minimum Gasteiger partial charge on any atom is -0.444 e. The van der Waals surface area contributed by atoms with E-state index in [-0.39, 0.29) is 24.4 Å². The molecule has 7 heteroatoms. The first-order valence-corrected chi connectivity index (χ1v) is 8.35. The van der Waals surface area contributed by atoms with Crippen molar-refractivity contribution >= 4 is 5.91 Å². The monoisotopic (exact) mass is 347 g/mol. The van der Waals surface area contributed by atoms with Crippen molar-refractivity contribution in [3.63, 3.8) is 0 Å². The molecule has 1 aliphatic rings. The average Bonchev–Trinajstić information content (AvgIpc) is 3.05. The van der Waals surface area contributed by atoms with Gasteiger partial charge in [-0.1, -0.05) is 6.07 Å². The molecule has 0 unspecified atom stereocenters. The summed E-state index contributed by atoms with van der Waals surface area (Å²) < 4.78 is 23.6. The van der Waals surface area contributed by atoms with Crippen LogP contribution < -0.4 is 5.32 Å². The van der Waals surface area contributed by atoms with E-state index in [2.05, 4.69) is 15.2 Å². The molecule has 1 fully saturated rings. The van der Waals surface area contributed by atoms with Crippen LogP contribution in [0.15, 0.2) is 34.9 Å². The van der Waals surface area contributed by atoms with Crippen molar-refractivity contribution in [3.8, 4) is 11.5 Å². The van der Waals surface area contributed by atoms with Gasteiger partial charge in [0.25, 0.3) is 0 Å². The number of nitrogens with one attached hydrogen (secondary N) is 1. The number of oxazole rings is 1. The molecule has 0 spiro atoms. The number of methoxy groups -OCH3 is 1. The fraction of sp³-hybridized carbons (Fsp3) is 0.444. The van der Waals surface area contributed by atoms with E-state index in [4.69, 9.17) is 9.15 Å². The van der Waals surface area contributed by atoms with Crippen LogP contribution in [0, 0.1) is 5.82 Å². The summed E-state index contributed by atoms with van der Waals surface area (Å²) in [6.45, 7) is 2.53. The lowest BCUT2D eigenvalue weighted by molar-refractivity contribution is -0.125. The largest absolute Gasteiger partial charge is 0.444 e. The maximum atomic E-state index is 13.3. The Morgan fingerprint density at radius 3 is 2.96 bits per heavy atom. The first-order valence-electron chi connectivity index (χ1n) is 8.35. The minimum atomic E-state index is -0.310. The number of hydrogen-bond donors (Lipinski definition) is 1. The summed E-state index contributed by atoms with van der Waals surface area (Å²) in [5, 5.41) is 2.97. The van der Waals surface area contributed by atoms with E-state index < -0.39 is 0 Å². The van der Waals surface area contributed by atoms with Crippen molar-refractivity contribution in [1.29, 1.82) is 0 Å². The second-order valence-corrected chi connectivity index (χ2v) is 6.21. The van der Waals surface area contributed by atoms with Crippen LogP contribution in [0.1, 0.15) is 18.5 Å². The molecule has 1 amide bonds. The molecule has 25 heavy (non-hydrogen) atoms. The predicted molar refractivity (Wildman–Crippen MR) is 90.2 cm³/mol. The number of likely N-dealkylation sites (tertiary alicyclic amines) is 1. The van der Waals surface area contributed by atoms with Crippen molar-refractivity contribution in [3.05, 3.63) is 42.0 Å². The maximum absolute atomic E-state index is 13.3. The lowest BCUT2D eigenvalue weighted by Crippen LogP contribution is -2.45. The van der Waals surface area contributed by atoms with E-state index in [9.17, 15) is 9.18 Å². The number of amides is 1. The third-order valence-corrected chi connectivity index (χ3v) is 4.24. The Hall–Kier alpha value is -2.25. The van der Waals surface area contributed by atoms with Crippen LogP contribution in [0.5, 0.6) is 0 Å². The van der Waals surface area contributed by atoms with Crippen LogP contribution in [0.4, 0.5) is 4.39 Å². The molecule has 3 rings (SSSR count). The Balaban J connectivity index is 1.50. The molecule has 0 radical (unpaired) electrons. The zero-order valence-corrected chi connectivity index (χ0v) is 14.2. The summed E-state index contributed by atoms with van der Waals surface area (Å²) in [5.74, 6) is 0.0447. The van der Waals surface area contributed by atoms with Crippen molar-refractivity contribution < 1.29 is 18.3 Å². The molecule has 6 nitrogen and oxygen atoms in total. The second kappa shape index (κ2) is 8.22. The van der Waals surface area contributed by atoms with Gasteiger partial charge in [-0.15, -0.1) is 0 Å².